The van der Waals surface area contributed by atoms with Crippen LogP contribution in [0.1, 0.15) is 22.3 Å². The Morgan fingerprint density at radius 3 is 2.32 bits per heavy atom. The summed E-state index contributed by atoms with van der Waals surface area (Å²) in [5.41, 5.74) is 2.74. The highest BCUT2D eigenvalue weighted by Gasteiger charge is 2.07. The molecule has 0 saturated carbocycles. The average Bonchev–Trinajstić information content (AvgIpc) is 2.48. The second-order valence-electron chi connectivity index (χ2n) is 4.78. The molecule has 5 nitrogen and oxygen atoms in total. The lowest BCUT2D eigenvalue weighted by atomic mass is 10.1. The normalized spacial score (nSPS) is 9.64. The quantitative estimate of drug-likeness (QED) is 0.908. The maximum absolute atomic E-state index is 12.1. The number of hydrogen-bond donors (Lipinski definition) is 2. The second kappa shape index (κ2) is 7.04. The summed E-state index contributed by atoms with van der Waals surface area (Å²) >= 11 is 0. The maximum Gasteiger partial charge on any atom is 0.255 e. The van der Waals surface area contributed by atoms with Crippen molar-refractivity contribution in [1.29, 1.82) is 5.26 Å². The minimum Gasteiger partial charge on any atom is -0.325 e. The summed E-state index contributed by atoms with van der Waals surface area (Å²) < 4.78 is 0. The fourth-order valence-corrected chi connectivity index (χ4v) is 1.86. The van der Waals surface area contributed by atoms with Gasteiger partial charge in [-0.2, -0.15) is 5.26 Å². The maximum atomic E-state index is 12.1. The average molecular weight is 293 g/mol. The highest BCUT2D eigenvalue weighted by atomic mass is 16.2. The van der Waals surface area contributed by atoms with E-state index in [2.05, 4.69) is 10.6 Å². The lowest BCUT2D eigenvalue weighted by molar-refractivity contribution is -0.115. The Bertz CT molecular complexity index is 730. The first kappa shape index (κ1) is 15.3. The van der Waals surface area contributed by atoms with E-state index in [0.29, 0.717) is 16.9 Å². The van der Waals surface area contributed by atoms with Crippen molar-refractivity contribution >= 4 is 23.2 Å². The van der Waals surface area contributed by atoms with Gasteiger partial charge >= 0.3 is 0 Å². The zero-order chi connectivity index (χ0) is 15.9. The van der Waals surface area contributed by atoms with E-state index >= 15 is 0 Å². The predicted molar refractivity (Wildman–Crippen MR) is 84.4 cm³/mol. The van der Waals surface area contributed by atoms with Gasteiger partial charge in [0.2, 0.25) is 5.91 Å². The SMILES string of the molecule is Cc1ccc(C(=O)Nc2cccc(NC(=O)CC#N)c2)cc1. The molecule has 0 fully saturated rings. The van der Waals surface area contributed by atoms with Crippen molar-refractivity contribution in [2.75, 3.05) is 10.6 Å². The van der Waals surface area contributed by atoms with Gasteiger partial charge < -0.3 is 10.6 Å². The van der Waals surface area contributed by atoms with Crippen LogP contribution in [-0.2, 0) is 4.79 Å². The Morgan fingerprint density at radius 2 is 1.68 bits per heavy atom. The molecule has 0 aliphatic carbocycles. The Balaban J connectivity index is 2.07. The van der Waals surface area contributed by atoms with Gasteiger partial charge in [0.25, 0.3) is 5.91 Å². The number of carbonyl (C=O) groups excluding carboxylic acids is 2. The second-order valence-corrected chi connectivity index (χ2v) is 4.78. The van der Waals surface area contributed by atoms with Crippen LogP contribution in [0.3, 0.4) is 0 Å². The Labute approximate surface area is 128 Å². The van der Waals surface area contributed by atoms with E-state index in [4.69, 9.17) is 5.26 Å². The van der Waals surface area contributed by atoms with Crippen LogP contribution in [0, 0.1) is 18.3 Å². The largest absolute Gasteiger partial charge is 0.325 e. The molecule has 110 valence electrons. The number of carbonyl (C=O) groups is 2. The summed E-state index contributed by atoms with van der Waals surface area (Å²) in [6.07, 6.45) is -0.208. The van der Waals surface area contributed by atoms with Crippen LogP contribution in [0.15, 0.2) is 48.5 Å². The number of nitrogens with one attached hydrogen (secondary N) is 2. The van der Waals surface area contributed by atoms with Crippen molar-refractivity contribution in [3.63, 3.8) is 0 Å². The molecule has 0 radical (unpaired) electrons. The first-order chi connectivity index (χ1) is 10.6. The number of benzene rings is 2. The third-order valence-electron chi connectivity index (χ3n) is 2.96. The molecule has 0 bridgehead atoms. The van der Waals surface area contributed by atoms with Crippen molar-refractivity contribution in [1.82, 2.24) is 0 Å². The monoisotopic (exact) mass is 293 g/mol. The smallest absolute Gasteiger partial charge is 0.255 e. The third-order valence-corrected chi connectivity index (χ3v) is 2.96. The highest BCUT2D eigenvalue weighted by molar-refractivity contribution is 6.04. The lowest BCUT2D eigenvalue weighted by Gasteiger charge is -2.08. The molecule has 0 spiro atoms. The van der Waals surface area contributed by atoms with Crippen LogP contribution in [0.2, 0.25) is 0 Å². The summed E-state index contributed by atoms with van der Waals surface area (Å²) in [5.74, 6) is -0.606. The molecule has 0 saturated heterocycles. The van der Waals surface area contributed by atoms with Crippen molar-refractivity contribution < 1.29 is 9.59 Å². The number of amides is 2. The predicted octanol–water partition coefficient (Wildman–Crippen LogP) is 3.10. The van der Waals surface area contributed by atoms with Gasteiger partial charge in [0.1, 0.15) is 6.42 Å². The van der Waals surface area contributed by atoms with Crippen LogP contribution in [-0.4, -0.2) is 11.8 Å². The Hall–Kier alpha value is -3.13. The third kappa shape index (κ3) is 4.18. The molecule has 0 aliphatic rings. The molecular weight excluding hydrogens is 278 g/mol. The van der Waals surface area contributed by atoms with Gasteiger partial charge in [0, 0.05) is 16.9 Å². The van der Waals surface area contributed by atoms with Gasteiger partial charge in [0.05, 0.1) is 6.07 Å². The Kier molecular flexibility index (Phi) is 4.89. The molecule has 0 aromatic heterocycles. The van der Waals surface area contributed by atoms with Crippen LogP contribution >= 0.6 is 0 Å². The number of aryl methyl sites for hydroxylation is 1. The number of anilines is 2. The molecule has 0 atom stereocenters. The minimum absolute atomic E-state index is 0.208. The molecular formula is C17H15N3O2. The molecule has 22 heavy (non-hydrogen) atoms. The molecule has 2 aromatic carbocycles. The van der Waals surface area contributed by atoms with Crippen molar-refractivity contribution in [3.05, 3.63) is 59.7 Å². The number of nitriles is 1. The molecule has 2 N–H and O–H groups in total. The molecule has 0 aliphatic heterocycles. The van der Waals surface area contributed by atoms with Crippen LogP contribution in [0.5, 0.6) is 0 Å². The van der Waals surface area contributed by atoms with Crippen LogP contribution in [0.25, 0.3) is 0 Å². The molecule has 2 rings (SSSR count). The van der Waals surface area contributed by atoms with Crippen molar-refractivity contribution in [2.24, 2.45) is 0 Å². The highest BCUT2D eigenvalue weighted by Crippen LogP contribution is 2.16. The van der Waals surface area contributed by atoms with Crippen LogP contribution < -0.4 is 10.6 Å². The zero-order valence-corrected chi connectivity index (χ0v) is 12.1. The Morgan fingerprint density at radius 1 is 1.05 bits per heavy atom. The van der Waals surface area contributed by atoms with Crippen molar-refractivity contribution in [2.45, 2.75) is 13.3 Å². The fraction of sp³-hybridized carbons (Fsp3) is 0.118. The molecule has 5 heteroatoms. The van der Waals surface area contributed by atoms with Crippen molar-refractivity contribution in [3.8, 4) is 6.07 Å². The number of rotatable bonds is 4. The summed E-state index contributed by atoms with van der Waals surface area (Å²) in [4.78, 5) is 23.5. The van der Waals surface area contributed by atoms with Gasteiger partial charge in [-0.05, 0) is 37.3 Å². The topological polar surface area (TPSA) is 82.0 Å². The van der Waals surface area contributed by atoms with Gasteiger partial charge in [-0.15, -0.1) is 0 Å². The van der Waals surface area contributed by atoms with E-state index in [9.17, 15) is 9.59 Å². The number of hydrogen-bond acceptors (Lipinski definition) is 3. The first-order valence-electron chi connectivity index (χ1n) is 6.73. The van der Waals surface area contributed by atoms with E-state index in [1.165, 1.54) is 0 Å². The minimum atomic E-state index is -0.385. The van der Waals surface area contributed by atoms with E-state index in [1.54, 1.807) is 42.5 Å². The molecule has 2 aromatic rings. The van der Waals surface area contributed by atoms with Gasteiger partial charge in [-0.25, -0.2) is 0 Å². The van der Waals surface area contributed by atoms with Crippen LogP contribution in [0.4, 0.5) is 11.4 Å². The first-order valence-corrected chi connectivity index (χ1v) is 6.73. The molecule has 0 heterocycles. The summed E-state index contributed by atoms with van der Waals surface area (Å²) in [6.45, 7) is 1.95. The van der Waals surface area contributed by atoms with E-state index in [1.807, 2.05) is 19.1 Å². The van der Waals surface area contributed by atoms with E-state index in [-0.39, 0.29) is 18.2 Å². The summed E-state index contributed by atoms with van der Waals surface area (Å²) in [6, 6.07) is 15.8. The fourth-order valence-electron chi connectivity index (χ4n) is 1.86. The molecule has 0 unspecified atom stereocenters. The van der Waals surface area contributed by atoms with Gasteiger partial charge in [-0.3, -0.25) is 9.59 Å². The number of nitrogens with zero attached hydrogens (tertiary/aromatic N) is 1. The zero-order valence-electron chi connectivity index (χ0n) is 12.1. The molecule has 2 amide bonds. The summed E-state index contributed by atoms with van der Waals surface area (Å²) in [7, 11) is 0. The standard InChI is InChI=1S/C17H15N3O2/c1-12-5-7-13(8-6-12)17(22)20-15-4-2-3-14(11-15)19-16(21)9-10-18/h2-8,11H,9H2,1H3,(H,19,21)(H,20,22). The van der Waals surface area contributed by atoms with Gasteiger partial charge in [-0.1, -0.05) is 23.8 Å². The lowest BCUT2D eigenvalue weighted by Crippen LogP contribution is -2.13. The summed E-state index contributed by atoms with van der Waals surface area (Å²) in [5, 5.41) is 13.8. The van der Waals surface area contributed by atoms with E-state index < -0.39 is 0 Å². The van der Waals surface area contributed by atoms with E-state index in [0.717, 1.165) is 5.56 Å². The van der Waals surface area contributed by atoms with Gasteiger partial charge in [0.15, 0.2) is 0 Å².